The molecular formula is C17H21N3. The zero-order chi connectivity index (χ0) is 13.8. The van der Waals surface area contributed by atoms with Crippen LogP contribution in [0.3, 0.4) is 0 Å². The predicted molar refractivity (Wildman–Crippen MR) is 82.8 cm³/mol. The Labute approximate surface area is 120 Å². The summed E-state index contributed by atoms with van der Waals surface area (Å²) in [6, 6.07) is 8.77. The van der Waals surface area contributed by atoms with Gasteiger partial charge in [0.15, 0.2) is 0 Å². The molecule has 0 radical (unpaired) electrons. The molecule has 2 aromatic rings. The van der Waals surface area contributed by atoms with Crippen molar-refractivity contribution in [1.82, 2.24) is 9.97 Å². The third kappa shape index (κ3) is 2.82. The van der Waals surface area contributed by atoms with E-state index in [1.165, 1.54) is 30.4 Å². The van der Waals surface area contributed by atoms with Crippen molar-refractivity contribution >= 4 is 5.82 Å². The summed E-state index contributed by atoms with van der Waals surface area (Å²) in [4.78, 5) is 8.95. The van der Waals surface area contributed by atoms with Crippen molar-refractivity contribution in [2.75, 3.05) is 11.9 Å². The van der Waals surface area contributed by atoms with Crippen LogP contribution in [0, 0.1) is 0 Å². The lowest BCUT2D eigenvalue weighted by Gasteiger charge is -2.26. The number of benzene rings is 1. The molecule has 3 rings (SSSR count). The number of hydrogen-bond donors (Lipinski definition) is 1. The number of rotatable bonds is 5. The maximum absolute atomic E-state index is 4.65. The highest BCUT2D eigenvalue weighted by molar-refractivity contribution is 5.61. The van der Waals surface area contributed by atoms with Crippen LogP contribution in [-0.2, 0) is 0 Å². The molecule has 1 aromatic heterocycles. The number of nitrogens with one attached hydrogen (secondary N) is 1. The molecule has 0 unspecified atom stereocenters. The van der Waals surface area contributed by atoms with Crippen LogP contribution in [0.4, 0.5) is 5.82 Å². The van der Waals surface area contributed by atoms with E-state index in [2.05, 4.69) is 46.5 Å². The first kappa shape index (κ1) is 13.1. The van der Waals surface area contributed by atoms with E-state index in [0.29, 0.717) is 0 Å². The van der Waals surface area contributed by atoms with Gasteiger partial charge in [-0.3, -0.25) is 4.98 Å². The van der Waals surface area contributed by atoms with Crippen LogP contribution in [0.2, 0.25) is 0 Å². The minimum atomic E-state index is 0.754. The maximum Gasteiger partial charge on any atom is 0.145 e. The summed E-state index contributed by atoms with van der Waals surface area (Å²) in [6.07, 6.45) is 8.74. The Morgan fingerprint density at radius 1 is 1.25 bits per heavy atom. The van der Waals surface area contributed by atoms with E-state index >= 15 is 0 Å². The van der Waals surface area contributed by atoms with Gasteiger partial charge in [0.25, 0.3) is 0 Å². The van der Waals surface area contributed by atoms with E-state index in [-0.39, 0.29) is 0 Å². The lowest BCUT2D eigenvalue weighted by atomic mass is 9.79. The Kier molecular flexibility index (Phi) is 3.95. The lowest BCUT2D eigenvalue weighted by Crippen LogP contribution is -2.08. The van der Waals surface area contributed by atoms with Gasteiger partial charge in [-0.05, 0) is 36.8 Å². The van der Waals surface area contributed by atoms with Crippen molar-refractivity contribution in [1.29, 1.82) is 0 Å². The highest BCUT2D eigenvalue weighted by Crippen LogP contribution is 2.37. The topological polar surface area (TPSA) is 37.8 Å². The predicted octanol–water partition coefficient (Wildman–Crippen LogP) is 4.23. The van der Waals surface area contributed by atoms with E-state index in [4.69, 9.17) is 0 Å². The van der Waals surface area contributed by atoms with Crippen molar-refractivity contribution in [2.45, 2.75) is 38.5 Å². The number of aromatic nitrogens is 2. The van der Waals surface area contributed by atoms with Gasteiger partial charge in [-0.25, -0.2) is 4.98 Å². The Balaban J connectivity index is 1.84. The smallest absolute Gasteiger partial charge is 0.145 e. The molecule has 0 aliphatic heterocycles. The maximum atomic E-state index is 4.65. The van der Waals surface area contributed by atoms with E-state index < -0.39 is 0 Å². The summed E-state index contributed by atoms with van der Waals surface area (Å²) in [6.45, 7) is 3.08. The lowest BCUT2D eigenvalue weighted by molar-refractivity contribution is 0.420. The Bertz CT molecular complexity index is 576. The molecule has 1 aromatic carbocycles. The van der Waals surface area contributed by atoms with Crippen LogP contribution in [0.1, 0.15) is 44.1 Å². The molecule has 0 spiro atoms. The van der Waals surface area contributed by atoms with Crippen molar-refractivity contribution in [3.8, 4) is 11.3 Å². The molecule has 20 heavy (non-hydrogen) atoms. The van der Waals surface area contributed by atoms with Gasteiger partial charge in [0.1, 0.15) is 5.82 Å². The van der Waals surface area contributed by atoms with Crippen LogP contribution < -0.4 is 5.32 Å². The molecule has 1 N–H and O–H groups in total. The molecule has 0 saturated heterocycles. The van der Waals surface area contributed by atoms with E-state index in [1.807, 2.05) is 6.20 Å². The molecule has 1 aliphatic rings. The highest BCUT2D eigenvalue weighted by atomic mass is 15.0. The summed E-state index contributed by atoms with van der Waals surface area (Å²) in [5.74, 6) is 1.61. The first-order valence-electron chi connectivity index (χ1n) is 7.53. The first-order chi connectivity index (χ1) is 9.86. The average Bonchev–Trinajstić information content (AvgIpc) is 2.44. The molecule has 0 atom stereocenters. The highest BCUT2D eigenvalue weighted by Gasteiger charge is 2.19. The minimum absolute atomic E-state index is 0.754. The standard InChI is InChI=1S/C17H21N3/c1-2-9-19-17-12-18-11-16(20-17)15-8-4-7-14(10-15)13-5-3-6-13/h4,7-8,10-13H,2-3,5-6,9H2,1H3,(H,19,20). The van der Waals surface area contributed by atoms with Crippen molar-refractivity contribution < 1.29 is 0 Å². The van der Waals surface area contributed by atoms with Crippen molar-refractivity contribution in [3.63, 3.8) is 0 Å². The van der Waals surface area contributed by atoms with E-state index in [1.54, 1.807) is 6.20 Å². The summed E-state index contributed by atoms with van der Waals surface area (Å²) in [7, 11) is 0. The molecular weight excluding hydrogens is 246 g/mol. The number of nitrogens with zero attached hydrogens (tertiary/aromatic N) is 2. The van der Waals surface area contributed by atoms with Gasteiger partial charge in [0.2, 0.25) is 0 Å². The van der Waals surface area contributed by atoms with E-state index in [9.17, 15) is 0 Å². The van der Waals surface area contributed by atoms with Gasteiger partial charge in [0.05, 0.1) is 18.1 Å². The minimum Gasteiger partial charge on any atom is -0.369 e. The zero-order valence-electron chi connectivity index (χ0n) is 12.0. The van der Waals surface area contributed by atoms with Crippen LogP contribution in [0.25, 0.3) is 11.3 Å². The largest absolute Gasteiger partial charge is 0.369 e. The second-order valence-electron chi connectivity index (χ2n) is 5.47. The van der Waals surface area contributed by atoms with Gasteiger partial charge in [0, 0.05) is 12.1 Å². The van der Waals surface area contributed by atoms with Gasteiger partial charge >= 0.3 is 0 Å². The van der Waals surface area contributed by atoms with Crippen LogP contribution >= 0.6 is 0 Å². The molecule has 1 fully saturated rings. The molecule has 3 heteroatoms. The molecule has 3 nitrogen and oxygen atoms in total. The third-order valence-electron chi connectivity index (χ3n) is 3.95. The Hall–Kier alpha value is -1.90. The van der Waals surface area contributed by atoms with Gasteiger partial charge in [-0.2, -0.15) is 0 Å². The fraction of sp³-hybridized carbons (Fsp3) is 0.412. The SMILES string of the molecule is CCCNc1cncc(-c2cccc(C3CCC3)c2)n1. The first-order valence-corrected chi connectivity index (χ1v) is 7.53. The van der Waals surface area contributed by atoms with Gasteiger partial charge in [-0.15, -0.1) is 0 Å². The third-order valence-corrected chi connectivity index (χ3v) is 3.95. The Morgan fingerprint density at radius 2 is 2.15 bits per heavy atom. The van der Waals surface area contributed by atoms with Crippen molar-refractivity contribution in [2.24, 2.45) is 0 Å². The quantitative estimate of drug-likeness (QED) is 0.880. The summed E-state index contributed by atoms with van der Waals surface area (Å²) in [5.41, 5.74) is 3.57. The molecule has 1 heterocycles. The molecule has 0 amide bonds. The fourth-order valence-corrected chi connectivity index (χ4v) is 2.54. The van der Waals surface area contributed by atoms with Gasteiger partial charge in [-0.1, -0.05) is 31.5 Å². The summed E-state index contributed by atoms with van der Waals surface area (Å²) < 4.78 is 0. The Morgan fingerprint density at radius 3 is 2.90 bits per heavy atom. The van der Waals surface area contributed by atoms with E-state index in [0.717, 1.165) is 30.4 Å². The van der Waals surface area contributed by atoms with Crippen LogP contribution in [0.5, 0.6) is 0 Å². The normalized spacial score (nSPS) is 14.8. The second kappa shape index (κ2) is 6.04. The zero-order valence-corrected chi connectivity index (χ0v) is 12.0. The number of hydrogen-bond acceptors (Lipinski definition) is 3. The molecule has 0 bridgehead atoms. The monoisotopic (exact) mass is 267 g/mol. The molecule has 1 aliphatic carbocycles. The number of anilines is 1. The van der Waals surface area contributed by atoms with Crippen molar-refractivity contribution in [3.05, 3.63) is 42.2 Å². The van der Waals surface area contributed by atoms with Gasteiger partial charge < -0.3 is 5.32 Å². The summed E-state index contributed by atoms with van der Waals surface area (Å²) >= 11 is 0. The molecule has 1 saturated carbocycles. The van der Waals surface area contributed by atoms with Crippen LogP contribution in [0.15, 0.2) is 36.7 Å². The fourth-order valence-electron chi connectivity index (χ4n) is 2.54. The summed E-state index contributed by atoms with van der Waals surface area (Å²) in [5, 5.41) is 3.29. The van der Waals surface area contributed by atoms with Crippen LogP contribution in [-0.4, -0.2) is 16.5 Å². The second-order valence-corrected chi connectivity index (χ2v) is 5.47. The average molecular weight is 267 g/mol. The molecule has 104 valence electrons.